The van der Waals surface area contributed by atoms with E-state index in [1.54, 1.807) is 0 Å². The fraction of sp³-hybridized carbons (Fsp3) is 0.750. The number of carboxylic acid groups (broad SMARTS) is 1. The van der Waals surface area contributed by atoms with Crippen LogP contribution in [0.1, 0.15) is 0 Å². The molecule has 5 N–H and O–H groups in total. The van der Waals surface area contributed by atoms with Gasteiger partial charge in [-0.05, 0) is 7.05 Å². The first kappa shape index (κ1) is 11.2. The standard InChI is InChI=1S/C4H9NO3.H2O/c1-5-3(2-6)4(7)8;/h3,5-6H,2H2,1H3,(H,7,8);1H2/t3-;/m0./s1. The van der Waals surface area contributed by atoms with Crippen LogP contribution in [0.25, 0.3) is 0 Å². The summed E-state index contributed by atoms with van der Waals surface area (Å²) in [6.45, 7) is -0.369. The van der Waals surface area contributed by atoms with Gasteiger partial charge in [0.15, 0.2) is 0 Å². The molecule has 9 heavy (non-hydrogen) atoms. The largest absolute Gasteiger partial charge is 0.480 e. The van der Waals surface area contributed by atoms with E-state index >= 15 is 0 Å². The fourth-order valence-corrected chi connectivity index (χ4v) is 0.293. The van der Waals surface area contributed by atoms with Gasteiger partial charge in [0.05, 0.1) is 6.61 Å². The molecular formula is C4H11NO4. The van der Waals surface area contributed by atoms with Crippen molar-refractivity contribution in [3.05, 3.63) is 0 Å². The highest BCUT2D eigenvalue weighted by Crippen LogP contribution is 1.76. The van der Waals surface area contributed by atoms with E-state index in [-0.39, 0.29) is 12.1 Å². The van der Waals surface area contributed by atoms with Gasteiger partial charge < -0.3 is 21.0 Å². The Morgan fingerprint density at radius 2 is 2.22 bits per heavy atom. The molecule has 0 aliphatic rings. The molecule has 0 fully saturated rings. The molecule has 0 aromatic carbocycles. The van der Waals surface area contributed by atoms with Crippen molar-refractivity contribution in [2.45, 2.75) is 6.04 Å². The van der Waals surface area contributed by atoms with Gasteiger partial charge in [-0.1, -0.05) is 0 Å². The lowest BCUT2D eigenvalue weighted by Gasteiger charge is -2.04. The predicted molar refractivity (Wildman–Crippen MR) is 31.2 cm³/mol. The van der Waals surface area contributed by atoms with Crippen molar-refractivity contribution in [1.29, 1.82) is 0 Å². The molecule has 0 radical (unpaired) electrons. The van der Waals surface area contributed by atoms with Crippen LogP contribution in [-0.4, -0.2) is 41.4 Å². The van der Waals surface area contributed by atoms with Gasteiger partial charge >= 0.3 is 5.97 Å². The van der Waals surface area contributed by atoms with Crippen LogP contribution in [0.2, 0.25) is 0 Å². The molecule has 1 atom stereocenters. The van der Waals surface area contributed by atoms with E-state index in [1.165, 1.54) is 7.05 Å². The first-order chi connectivity index (χ1) is 3.72. The first-order valence-corrected chi connectivity index (χ1v) is 2.23. The van der Waals surface area contributed by atoms with Crippen LogP contribution >= 0.6 is 0 Å². The molecule has 0 bridgehead atoms. The lowest BCUT2D eigenvalue weighted by molar-refractivity contribution is -0.140. The van der Waals surface area contributed by atoms with Crippen LogP contribution < -0.4 is 5.32 Å². The van der Waals surface area contributed by atoms with Crippen LogP contribution in [0, 0.1) is 0 Å². The topological polar surface area (TPSA) is 101 Å². The summed E-state index contributed by atoms with van der Waals surface area (Å²) >= 11 is 0. The highest BCUT2D eigenvalue weighted by molar-refractivity contribution is 5.73. The average Bonchev–Trinajstić information content (AvgIpc) is 1.69. The Kier molecular flexibility index (Phi) is 6.82. The van der Waals surface area contributed by atoms with Crippen molar-refractivity contribution in [3.8, 4) is 0 Å². The molecule has 0 aliphatic heterocycles. The van der Waals surface area contributed by atoms with Crippen molar-refractivity contribution in [2.24, 2.45) is 0 Å². The minimum absolute atomic E-state index is 0. The van der Waals surface area contributed by atoms with Crippen LogP contribution in [-0.2, 0) is 4.79 Å². The second kappa shape index (κ2) is 5.49. The summed E-state index contributed by atoms with van der Waals surface area (Å²) in [7, 11) is 1.48. The summed E-state index contributed by atoms with van der Waals surface area (Å²) in [5, 5.41) is 18.8. The van der Waals surface area contributed by atoms with Gasteiger partial charge in [-0.15, -0.1) is 0 Å². The second-order valence-corrected chi connectivity index (χ2v) is 1.36. The molecule has 5 nitrogen and oxygen atoms in total. The van der Waals surface area contributed by atoms with Crippen LogP contribution in [0.4, 0.5) is 0 Å². The van der Waals surface area contributed by atoms with Gasteiger partial charge in [-0.2, -0.15) is 0 Å². The number of likely N-dealkylation sites (N-methyl/N-ethyl adjacent to an activating group) is 1. The van der Waals surface area contributed by atoms with E-state index < -0.39 is 12.0 Å². The lowest BCUT2D eigenvalue weighted by Crippen LogP contribution is -2.36. The van der Waals surface area contributed by atoms with Gasteiger partial charge in [0, 0.05) is 0 Å². The summed E-state index contributed by atoms with van der Waals surface area (Å²) in [6, 6.07) is -0.824. The number of aliphatic carboxylic acids is 1. The second-order valence-electron chi connectivity index (χ2n) is 1.36. The van der Waals surface area contributed by atoms with Crippen molar-refractivity contribution in [3.63, 3.8) is 0 Å². The Balaban J connectivity index is 0. The average molecular weight is 137 g/mol. The van der Waals surface area contributed by atoms with Gasteiger partial charge in [0.1, 0.15) is 6.04 Å². The van der Waals surface area contributed by atoms with Crippen molar-refractivity contribution in [1.82, 2.24) is 5.32 Å². The molecule has 0 spiro atoms. The number of aliphatic hydroxyl groups excluding tert-OH is 1. The minimum atomic E-state index is -1.03. The molecule has 0 aromatic rings. The van der Waals surface area contributed by atoms with Crippen molar-refractivity contribution in [2.75, 3.05) is 13.7 Å². The van der Waals surface area contributed by atoms with Crippen molar-refractivity contribution < 1.29 is 20.5 Å². The third-order valence-corrected chi connectivity index (χ3v) is 0.829. The van der Waals surface area contributed by atoms with E-state index in [0.29, 0.717) is 0 Å². The molecule has 56 valence electrons. The molecular weight excluding hydrogens is 126 g/mol. The van der Waals surface area contributed by atoms with Gasteiger partial charge in [0.25, 0.3) is 0 Å². The lowest BCUT2D eigenvalue weighted by atomic mass is 10.3. The van der Waals surface area contributed by atoms with E-state index in [2.05, 4.69) is 5.32 Å². The van der Waals surface area contributed by atoms with E-state index in [0.717, 1.165) is 0 Å². The summed E-state index contributed by atoms with van der Waals surface area (Å²) in [5.41, 5.74) is 0. The highest BCUT2D eigenvalue weighted by atomic mass is 16.4. The molecule has 0 heterocycles. The van der Waals surface area contributed by atoms with Gasteiger partial charge in [0.2, 0.25) is 0 Å². The maximum Gasteiger partial charge on any atom is 0.323 e. The Bertz CT molecular complexity index is 80.6. The molecule has 5 heteroatoms. The molecule has 0 saturated carbocycles. The van der Waals surface area contributed by atoms with Gasteiger partial charge in [-0.3, -0.25) is 4.79 Å². The van der Waals surface area contributed by atoms with Crippen molar-refractivity contribution >= 4 is 5.97 Å². The number of aliphatic hydroxyl groups is 1. The molecule has 0 saturated heterocycles. The normalized spacial score (nSPS) is 11.8. The Hall–Kier alpha value is -0.650. The summed E-state index contributed by atoms with van der Waals surface area (Å²) < 4.78 is 0. The third kappa shape index (κ3) is 3.89. The summed E-state index contributed by atoms with van der Waals surface area (Å²) in [6.07, 6.45) is 0. The predicted octanol–water partition coefficient (Wildman–Crippen LogP) is -2.17. The monoisotopic (exact) mass is 137 g/mol. The summed E-state index contributed by atoms with van der Waals surface area (Å²) in [4.78, 5) is 9.94. The number of hydrogen-bond donors (Lipinski definition) is 3. The number of hydrogen-bond acceptors (Lipinski definition) is 3. The molecule has 0 unspecified atom stereocenters. The zero-order valence-electron chi connectivity index (χ0n) is 5.09. The number of carbonyl (C=O) groups is 1. The Morgan fingerprint density at radius 1 is 1.78 bits per heavy atom. The molecule has 0 amide bonds. The van der Waals surface area contributed by atoms with Crippen LogP contribution in [0.5, 0.6) is 0 Å². The zero-order valence-corrected chi connectivity index (χ0v) is 5.09. The van der Waals surface area contributed by atoms with Gasteiger partial charge in [-0.25, -0.2) is 0 Å². The zero-order chi connectivity index (χ0) is 6.57. The highest BCUT2D eigenvalue weighted by Gasteiger charge is 2.11. The van der Waals surface area contributed by atoms with Crippen LogP contribution in [0.3, 0.4) is 0 Å². The third-order valence-electron chi connectivity index (χ3n) is 0.829. The van der Waals surface area contributed by atoms with Crippen LogP contribution in [0.15, 0.2) is 0 Å². The minimum Gasteiger partial charge on any atom is -0.480 e. The van der Waals surface area contributed by atoms with E-state index in [1.807, 2.05) is 0 Å². The number of carboxylic acids is 1. The Labute approximate surface area is 52.6 Å². The van der Waals surface area contributed by atoms with E-state index in [4.69, 9.17) is 10.2 Å². The Morgan fingerprint density at radius 3 is 2.22 bits per heavy atom. The number of nitrogens with one attached hydrogen (secondary N) is 1. The maximum atomic E-state index is 9.94. The molecule has 0 rings (SSSR count). The fourth-order valence-electron chi connectivity index (χ4n) is 0.293. The number of rotatable bonds is 3. The molecule has 0 aromatic heterocycles. The molecule has 0 aliphatic carbocycles. The summed E-state index contributed by atoms with van der Waals surface area (Å²) in [5.74, 6) is -1.03. The first-order valence-electron chi connectivity index (χ1n) is 2.23. The maximum absolute atomic E-state index is 9.94. The SMILES string of the molecule is CN[C@@H](CO)C(=O)O.O. The quantitative estimate of drug-likeness (QED) is 0.412. The van der Waals surface area contributed by atoms with E-state index in [9.17, 15) is 4.79 Å². The smallest absolute Gasteiger partial charge is 0.323 e.